The second-order valence-electron chi connectivity index (χ2n) is 14.4. The molecule has 3 fully saturated rings. The van der Waals surface area contributed by atoms with E-state index in [2.05, 4.69) is 26.3 Å². The van der Waals surface area contributed by atoms with Crippen molar-refractivity contribution in [1.29, 1.82) is 0 Å². The van der Waals surface area contributed by atoms with E-state index in [1.165, 1.54) is 32.4 Å². The van der Waals surface area contributed by atoms with E-state index in [1.54, 1.807) is 36.4 Å². The molecule has 0 radical (unpaired) electrons. The highest BCUT2D eigenvalue weighted by Gasteiger charge is 2.70. The number of allylic oxidation sites excluding steroid dienone is 2. The lowest BCUT2D eigenvalue weighted by Crippen LogP contribution is -2.53. The lowest BCUT2D eigenvalue weighted by atomic mass is 9.49. The smallest absolute Gasteiger partial charge is 0.433 e. The summed E-state index contributed by atoms with van der Waals surface area (Å²) in [5, 5.41) is 13.5. The van der Waals surface area contributed by atoms with Crippen molar-refractivity contribution < 1.29 is 46.6 Å². The number of aromatic nitrogens is 1. The van der Waals surface area contributed by atoms with Crippen molar-refractivity contribution >= 4 is 74.3 Å². The molecule has 2 aliphatic carbocycles. The Bertz CT molecular complexity index is 2440. The number of amides is 4. The van der Waals surface area contributed by atoms with E-state index in [4.69, 9.17) is 27.9 Å². The van der Waals surface area contributed by atoms with E-state index < -0.39 is 82.1 Å². The van der Waals surface area contributed by atoms with Crippen LogP contribution in [0.1, 0.15) is 35.6 Å². The molecule has 2 N–H and O–H groups in total. The summed E-state index contributed by atoms with van der Waals surface area (Å²) in [6, 6.07) is 16.3. The molecule has 11 nitrogen and oxygen atoms in total. The number of pyridine rings is 1. The quantitative estimate of drug-likeness (QED) is 0.107. The van der Waals surface area contributed by atoms with Crippen molar-refractivity contribution in [2.24, 2.45) is 23.7 Å². The molecule has 4 aromatic rings. The molecule has 6 atom stereocenters. The maximum Gasteiger partial charge on any atom is 0.433 e. The fourth-order valence-corrected chi connectivity index (χ4v) is 9.95. The highest BCUT2D eigenvalue weighted by Crippen LogP contribution is 2.65. The average Bonchev–Trinajstić information content (AvgIpc) is 3.57. The van der Waals surface area contributed by atoms with Crippen LogP contribution in [0.2, 0.25) is 10.0 Å². The van der Waals surface area contributed by atoms with Crippen LogP contribution >= 0.6 is 39.1 Å². The van der Waals surface area contributed by atoms with Crippen LogP contribution in [0.25, 0.3) is 0 Å². The summed E-state index contributed by atoms with van der Waals surface area (Å²) in [5.41, 5.74) is 1.42. The molecular formula is C40H30BrCl2F4N5O6. The highest BCUT2D eigenvalue weighted by molar-refractivity contribution is 9.10. The molecule has 300 valence electrons. The first-order chi connectivity index (χ1) is 27.5. The van der Waals surface area contributed by atoms with Crippen LogP contribution in [0.15, 0.2) is 88.9 Å². The van der Waals surface area contributed by atoms with Gasteiger partial charge in [0.15, 0.2) is 17.3 Å². The van der Waals surface area contributed by atoms with Crippen molar-refractivity contribution in [3.8, 4) is 11.5 Å². The number of anilines is 2. The van der Waals surface area contributed by atoms with E-state index >= 15 is 4.79 Å². The maximum absolute atomic E-state index is 15.3. The van der Waals surface area contributed by atoms with Gasteiger partial charge >= 0.3 is 6.18 Å². The number of hydrogen-bond donors (Lipinski definition) is 2. The molecule has 0 bridgehead atoms. The number of nitrogens with zero attached hydrogens (tertiary/aromatic N) is 4. The molecule has 8 rings (SSSR count). The van der Waals surface area contributed by atoms with Crippen LogP contribution < -0.4 is 15.2 Å². The third-order valence-corrected chi connectivity index (χ3v) is 12.7. The third kappa shape index (κ3) is 6.01. The molecule has 3 heterocycles. The molecule has 0 spiro atoms. The number of methoxy groups -OCH3 is 1. The molecular weight excluding hydrogens is 873 g/mol. The molecule has 2 aliphatic heterocycles. The van der Waals surface area contributed by atoms with Gasteiger partial charge in [-0.2, -0.15) is 23.2 Å². The van der Waals surface area contributed by atoms with E-state index in [9.17, 15) is 37.1 Å². The number of phenols is 1. The number of hydrogen-bond acceptors (Lipinski definition) is 9. The van der Waals surface area contributed by atoms with Crippen molar-refractivity contribution in [2.45, 2.75) is 30.4 Å². The molecule has 4 aliphatic rings. The Balaban J connectivity index is 1.30. The summed E-state index contributed by atoms with van der Waals surface area (Å²) in [6.45, 7) is 0. The van der Waals surface area contributed by atoms with Gasteiger partial charge < -0.3 is 9.84 Å². The summed E-state index contributed by atoms with van der Waals surface area (Å²) in [6.07, 6.45) is -3.21. The highest BCUT2D eigenvalue weighted by atomic mass is 79.9. The number of rotatable bonds is 7. The predicted molar refractivity (Wildman–Crippen MR) is 206 cm³/mol. The van der Waals surface area contributed by atoms with E-state index in [0.717, 1.165) is 33.2 Å². The SMILES string of the molecule is COc1cc([C@H]2C3=CC[C@@H]4C(=O)N(N(C)c5nc(C(F)(F)F)ccc5Cl)C(=O)[C@@H]4[C@@H]3C[C@H]3C(=O)N(Nc4ccc(F)cc4)C(=O)[C@@]23c2ccc(Cl)cc2)cc(Br)c1O. The first-order valence-corrected chi connectivity index (χ1v) is 19.3. The van der Waals surface area contributed by atoms with Crippen molar-refractivity contribution in [2.75, 3.05) is 24.6 Å². The fourth-order valence-electron chi connectivity index (χ4n) is 9.14. The number of alkyl halides is 3. The van der Waals surface area contributed by atoms with Gasteiger partial charge in [0.1, 0.15) is 11.5 Å². The number of aromatic hydroxyl groups is 1. The van der Waals surface area contributed by atoms with Crippen LogP contribution in [0.3, 0.4) is 0 Å². The molecule has 1 saturated carbocycles. The second-order valence-corrected chi connectivity index (χ2v) is 16.1. The fraction of sp³-hybridized carbons (Fsp3) is 0.275. The number of ether oxygens (including phenoxy) is 1. The number of nitrogens with one attached hydrogen (secondary N) is 1. The molecule has 0 unspecified atom stereocenters. The molecule has 2 saturated heterocycles. The summed E-state index contributed by atoms with van der Waals surface area (Å²) in [5.74, 6) is -9.30. The average molecular weight is 904 g/mol. The first kappa shape index (κ1) is 39.6. The number of imide groups is 2. The lowest BCUT2D eigenvalue weighted by Gasteiger charge is -2.50. The van der Waals surface area contributed by atoms with Gasteiger partial charge in [-0.15, -0.1) is 0 Å². The monoisotopic (exact) mass is 901 g/mol. The third-order valence-electron chi connectivity index (χ3n) is 11.6. The summed E-state index contributed by atoms with van der Waals surface area (Å²) in [4.78, 5) is 62.7. The molecule has 18 heteroatoms. The van der Waals surface area contributed by atoms with Gasteiger partial charge in [-0.1, -0.05) is 47.0 Å². The zero-order valence-electron chi connectivity index (χ0n) is 30.2. The van der Waals surface area contributed by atoms with Crippen molar-refractivity contribution in [3.05, 3.63) is 122 Å². The van der Waals surface area contributed by atoms with Crippen LogP contribution in [-0.2, 0) is 30.8 Å². The van der Waals surface area contributed by atoms with Crippen LogP contribution in [0.5, 0.6) is 11.5 Å². The first-order valence-electron chi connectivity index (χ1n) is 17.8. The topological polar surface area (TPSA) is 132 Å². The van der Waals surface area contributed by atoms with Crippen molar-refractivity contribution in [3.63, 3.8) is 0 Å². The van der Waals surface area contributed by atoms with Crippen LogP contribution in [0, 0.1) is 29.5 Å². The molecule has 1 aromatic heterocycles. The minimum absolute atomic E-state index is 0.0108. The van der Waals surface area contributed by atoms with E-state index in [1.807, 2.05) is 0 Å². The van der Waals surface area contributed by atoms with Gasteiger partial charge in [-0.3, -0.25) is 29.6 Å². The molecule has 3 aromatic carbocycles. The minimum Gasteiger partial charge on any atom is -0.503 e. The van der Waals surface area contributed by atoms with Gasteiger partial charge in [0.2, 0.25) is 0 Å². The predicted octanol–water partition coefficient (Wildman–Crippen LogP) is 8.06. The standard InChI is InChI=1S/C40H30BrCl2F4N5O6/c1-50(34-28(43)13-14-30(48-34)40(45,46)47)52-35(54)24-12-11-23-25(31(24)37(52)56)17-26-36(55)51(49-22-9-7-21(44)8-10-22)38(57)39(26,19-3-5-20(42)6-4-19)32(23)18-15-27(41)33(53)29(16-18)58-2/h3-11,13-16,24-26,31-32,49,53H,12,17H2,1-2H3/t24-,25+,26-,31-,32-,39+/m0/s1. The van der Waals surface area contributed by atoms with Crippen LogP contribution in [0.4, 0.5) is 29.1 Å². The van der Waals surface area contributed by atoms with Crippen LogP contribution in [-0.4, -0.2) is 57.9 Å². The number of carbonyl (C=O) groups excluding carboxylic acids is 4. The Morgan fingerprint density at radius 1 is 0.966 bits per heavy atom. The summed E-state index contributed by atoms with van der Waals surface area (Å²) < 4.78 is 60.8. The van der Waals surface area contributed by atoms with E-state index in [-0.39, 0.29) is 39.5 Å². The van der Waals surface area contributed by atoms with Gasteiger partial charge in [0.05, 0.1) is 45.5 Å². The Hall–Kier alpha value is -5.19. The molecule has 4 amide bonds. The largest absolute Gasteiger partial charge is 0.503 e. The normalized spacial score (nSPS) is 25.3. The second kappa shape index (κ2) is 14.3. The Morgan fingerprint density at radius 2 is 1.66 bits per heavy atom. The maximum atomic E-state index is 15.3. The number of carbonyl (C=O) groups is 4. The minimum atomic E-state index is -4.85. The summed E-state index contributed by atoms with van der Waals surface area (Å²) in [7, 11) is 2.55. The lowest BCUT2D eigenvalue weighted by molar-refractivity contribution is -0.142. The number of halogens is 7. The van der Waals surface area contributed by atoms with Gasteiger partial charge in [-0.25, -0.2) is 9.37 Å². The van der Waals surface area contributed by atoms with Gasteiger partial charge in [0.25, 0.3) is 23.6 Å². The van der Waals surface area contributed by atoms with Gasteiger partial charge in [-0.05, 0) is 106 Å². The number of phenolic OH excluding ortho intramolecular Hbond substituents is 1. The zero-order chi connectivity index (χ0) is 41.6. The summed E-state index contributed by atoms with van der Waals surface area (Å²) >= 11 is 16.0. The molecule has 58 heavy (non-hydrogen) atoms. The van der Waals surface area contributed by atoms with Crippen molar-refractivity contribution in [1.82, 2.24) is 15.0 Å². The Morgan fingerprint density at radius 3 is 2.31 bits per heavy atom. The zero-order valence-corrected chi connectivity index (χ0v) is 33.3. The van der Waals surface area contributed by atoms with E-state index in [0.29, 0.717) is 27.8 Å². The number of hydrazine groups is 2. The Kier molecular flexibility index (Phi) is 9.75. The Labute approximate surface area is 346 Å². The number of fused-ring (bicyclic) bond motifs is 4. The van der Waals surface area contributed by atoms with Gasteiger partial charge in [0, 0.05) is 18.0 Å². The number of benzene rings is 3.